The maximum Gasteiger partial charge on any atom is 1.00 e. The molecule has 0 aromatic heterocycles. The van der Waals surface area contributed by atoms with E-state index in [1.807, 2.05) is 0 Å². The average molecular weight is 641 g/mol. The van der Waals surface area contributed by atoms with Crippen molar-refractivity contribution in [2.24, 2.45) is 0 Å². The van der Waals surface area contributed by atoms with Crippen molar-refractivity contribution in [3.8, 4) is 0 Å². The van der Waals surface area contributed by atoms with E-state index in [1.165, 1.54) is 0 Å². The Hall–Kier alpha value is -0.660. The predicted molar refractivity (Wildman–Crippen MR) is 110 cm³/mol. The van der Waals surface area contributed by atoms with Crippen molar-refractivity contribution in [2.45, 2.75) is 23.3 Å². The second-order valence-corrected chi connectivity index (χ2v) is 12.3. The van der Waals surface area contributed by atoms with Crippen LogP contribution < -0.4 is 59.1 Å². The number of hydrogen-bond acceptors (Lipinski definition) is 18. The summed E-state index contributed by atoms with van der Waals surface area (Å²) in [6, 6.07) is 0. The molecule has 2 aliphatic rings. The first-order valence-corrected chi connectivity index (χ1v) is 14.6. The summed E-state index contributed by atoms with van der Waals surface area (Å²) in [5.41, 5.74) is 0. The Bertz CT molecular complexity index is 1070. The smallest absolute Gasteiger partial charge is 0.747 e. The van der Waals surface area contributed by atoms with E-state index in [9.17, 15) is 54.7 Å². The third kappa shape index (κ3) is 10.7. The van der Waals surface area contributed by atoms with E-state index in [4.69, 9.17) is 0 Å². The van der Waals surface area contributed by atoms with Gasteiger partial charge in [-0.15, -0.1) is 0 Å². The van der Waals surface area contributed by atoms with Crippen LogP contribution in [0.15, 0.2) is 0 Å². The predicted octanol–water partition coefficient (Wildman–Crippen LogP) is -8.14. The van der Waals surface area contributed by atoms with E-state index in [2.05, 4.69) is 19.1 Å². The molecule has 2 unspecified atom stereocenters. The van der Waals surface area contributed by atoms with Gasteiger partial charge in [0, 0.05) is 11.5 Å². The molecule has 0 N–H and O–H groups in total. The van der Waals surface area contributed by atoms with Gasteiger partial charge >= 0.3 is 71.4 Å². The number of rotatable bonds is 11. The second kappa shape index (κ2) is 16.0. The van der Waals surface area contributed by atoms with Crippen molar-refractivity contribution in [1.29, 1.82) is 0 Å². The molecule has 0 spiro atoms. The monoisotopic (exact) mass is 640 g/mol. The van der Waals surface area contributed by atoms with Crippen molar-refractivity contribution >= 4 is 77.8 Å². The fourth-order valence-corrected chi connectivity index (χ4v) is 5.48. The molecular weight excluding hydrogens is 626 g/mol. The van der Waals surface area contributed by atoms with Crippen molar-refractivity contribution in [2.75, 3.05) is 24.7 Å². The van der Waals surface area contributed by atoms with Gasteiger partial charge in [-0.3, -0.25) is 28.9 Å². The fourth-order valence-electron chi connectivity index (χ4n) is 2.45. The number of amides is 4. The number of hydroxylamine groups is 4. The molecule has 0 aromatic rings. The first-order chi connectivity index (χ1) is 16.6. The van der Waals surface area contributed by atoms with Gasteiger partial charge in [0.15, 0.2) is 0 Å². The molecule has 2 heterocycles. The van der Waals surface area contributed by atoms with Gasteiger partial charge in [0.2, 0.25) is 0 Å². The van der Waals surface area contributed by atoms with E-state index in [0.29, 0.717) is 0 Å². The van der Waals surface area contributed by atoms with Gasteiger partial charge in [-0.2, -0.15) is 0 Å². The maximum absolute atomic E-state index is 11.7. The molecule has 202 valence electrons. The van der Waals surface area contributed by atoms with Crippen LogP contribution in [-0.4, -0.2) is 107 Å². The van der Waals surface area contributed by atoms with Crippen molar-refractivity contribution < 1.29 is 133 Å². The second-order valence-electron chi connectivity index (χ2n) is 6.45. The van der Waals surface area contributed by atoms with Crippen molar-refractivity contribution in [3.05, 3.63) is 0 Å². The molecule has 24 heteroatoms. The Labute approximate surface area is 266 Å². The summed E-state index contributed by atoms with van der Waals surface area (Å²) in [7, 11) is -8.04. The Morgan fingerprint density at radius 1 is 0.737 bits per heavy atom. The summed E-state index contributed by atoms with van der Waals surface area (Å²) < 4.78 is 74.6. The Morgan fingerprint density at radius 3 is 1.32 bits per heavy atom. The minimum Gasteiger partial charge on any atom is -0.747 e. The SMILES string of the molecule is O=C(OCCSSCCOC(=O)ON1C(=O)CC(S(=O)(=O)[O-])C1=O)ON1C(=O)CC(S(=O)(=O)[O-])C1=O.[Na+].[Na+]. The number of nitrogens with zero attached hydrogens (tertiary/aromatic N) is 2. The van der Waals surface area contributed by atoms with Gasteiger partial charge in [-0.05, 0) is 0 Å². The van der Waals surface area contributed by atoms with Crippen LogP contribution in [0.25, 0.3) is 0 Å². The summed E-state index contributed by atoms with van der Waals surface area (Å²) in [6.45, 7) is -0.580. The van der Waals surface area contributed by atoms with E-state index < -0.39 is 79.5 Å². The molecular formula is C14H14N2Na2O16S4. The molecule has 0 radical (unpaired) electrons. The zero-order valence-electron chi connectivity index (χ0n) is 19.5. The first-order valence-electron chi connectivity index (χ1n) is 9.19. The van der Waals surface area contributed by atoms with Gasteiger partial charge in [0.25, 0.3) is 23.6 Å². The molecule has 0 aromatic carbocycles. The van der Waals surface area contributed by atoms with Crippen LogP contribution in [0.4, 0.5) is 9.59 Å². The minimum absolute atomic E-state index is 0. The number of ether oxygens (including phenoxy) is 2. The maximum atomic E-state index is 11.7. The van der Waals surface area contributed by atoms with Gasteiger partial charge in [0.05, 0.1) is 12.8 Å². The molecule has 4 amide bonds. The average Bonchev–Trinajstić information content (AvgIpc) is 3.20. The quantitative estimate of drug-likeness (QED) is 0.0507. The topological polar surface area (TPSA) is 260 Å². The molecule has 0 bridgehead atoms. The summed E-state index contributed by atoms with van der Waals surface area (Å²) >= 11 is 0. The number of hydrogen-bond donors (Lipinski definition) is 0. The first kappa shape index (κ1) is 37.3. The minimum atomic E-state index is -5.11. The number of carbonyl (C=O) groups is 6. The molecule has 2 fully saturated rings. The van der Waals surface area contributed by atoms with E-state index in [0.717, 1.165) is 21.6 Å². The summed E-state index contributed by atoms with van der Waals surface area (Å²) in [6.07, 6.45) is -4.94. The van der Waals surface area contributed by atoms with Crippen molar-refractivity contribution in [1.82, 2.24) is 10.1 Å². The van der Waals surface area contributed by atoms with Crippen LogP contribution in [0.2, 0.25) is 0 Å². The number of carbonyl (C=O) groups excluding carboxylic acids is 6. The third-order valence-electron chi connectivity index (χ3n) is 4.01. The molecule has 2 rings (SSSR count). The molecule has 2 saturated heterocycles. The molecule has 2 aliphatic heterocycles. The zero-order chi connectivity index (χ0) is 27.3. The third-order valence-corrected chi connectivity index (χ3v) is 8.47. The van der Waals surface area contributed by atoms with E-state index in [1.54, 1.807) is 0 Å². The van der Waals surface area contributed by atoms with Gasteiger partial charge in [0.1, 0.15) is 43.9 Å². The van der Waals surface area contributed by atoms with Gasteiger partial charge in [-0.1, -0.05) is 31.7 Å². The number of imide groups is 2. The molecule has 0 aliphatic carbocycles. The van der Waals surface area contributed by atoms with Crippen LogP contribution in [0.5, 0.6) is 0 Å². The Kier molecular flexibility index (Phi) is 15.7. The van der Waals surface area contributed by atoms with Crippen LogP contribution in [0.1, 0.15) is 12.8 Å². The normalized spacial score (nSPS) is 19.5. The summed E-state index contributed by atoms with van der Waals surface area (Å²) in [5.74, 6) is -5.18. The van der Waals surface area contributed by atoms with Crippen molar-refractivity contribution in [3.63, 3.8) is 0 Å². The summed E-state index contributed by atoms with van der Waals surface area (Å²) in [5, 5.41) is -4.70. The van der Waals surface area contributed by atoms with E-state index in [-0.39, 0.29) is 94.0 Å². The van der Waals surface area contributed by atoms with E-state index >= 15 is 0 Å². The molecule has 0 saturated carbocycles. The van der Waals surface area contributed by atoms with Gasteiger partial charge in [-0.25, -0.2) is 26.4 Å². The molecule has 2 atom stereocenters. The molecule has 38 heavy (non-hydrogen) atoms. The van der Waals surface area contributed by atoms with Crippen LogP contribution >= 0.6 is 21.6 Å². The molecule has 18 nitrogen and oxygen atoms in total. The van der Waals surface area contributed by atoms with Crippen LogP contribution in [0, 0.1) is 0 Å². The Balaban J connectivity index is 0.00000684. The Morgan fingerprint density at radius 2 is 1.05 bits per heavy atom. The zero-order valence-corrected chi connectivity index (χ0v) is 26.7. The largest absolute Gasteiger partial charge is 1.00 e. The van der Waals surface area contributed by atoms with Crippen LogP contribution in [-0.2, 0) is 58.6 Å². The fraction of sp³-hybridized carbons (Fsp3) is 0.571. The van der Waals surface area contributed by atoms with Crippen LogP contribution in [0.3, 0.4) is 0 Å². The standard InChI is InChI=1S/C14H16N2O16S4.2Na/c17-9-5-7(35(23,24)25)11(19)15(9)31-13(21)29-1-3-33-34-4-2-30-14(22)32-16-10(18)6-8(12(16)20)36(26,27)28;;/h7-8H,1-6H2,(H,23,24,25)(H,26,27,28);;/q;2*+1/p-2. The van der Waals surface area contributed by atoms with Gasteiger partial charge < -0.3 is 18.6 Å². The summed E-state index contributed by atoms with van der Waals surface area (Å²) in [4.78, 5) is 78.0.